The molecule has 25 heavy (non-hydrogen) atoms. The smallest absolute Gasteiger partial charge is 0.239 e. The van der Waals surface area contributed by atoms with Crippen LogP contribution in [0.1, 0.15) is 18.9 Å². The topological polar surface area (TPSA) is 61.9 Å². The van der Waals surface area contributed by atoms with Crippen LogP contribution in [0.25, 0.3) is 0 Å². The summed E-state index contributed by atoms with van der Waals surface area (Å²) in [5.74, 6) is -0.797. The van der Waals surface area contributed by atoms with E-state index in [2.05, 4.69) is 17.1 Å². The largest absolute Gasteiger partial charge is 0.379 e. The first-order chi connectivity index (χ1) is 12.2. The monoisotopic (exact) mass is 345 g/mol. The third-order valence-electron chi connectivity index (χ3n) is 5.01. The van der Waals surface area contributed by atoms with E-state index in [1.165, 1.54) is 5.56 Å². The highest BCUT2D eigenvalue weighted by Gasteiger charge is 2.37. The number of hydrogen-bond acceptors (Lipinski definition) is 4. The Hall–Kier alpha value is -1.92. The van der Waals surface area contributed by atoms with Gasteiger partial charge in [0.05, 0.1) is 13.2 Å². The summed E-state index contributed by atoms with van der Waals surface area (Å²) in [6, 6.07) is 8.02. The van der Waals surface area contributed by atoms with Crippen molar-refractivity contribution in [3.05, 3.63) is 29.8 Å². The molecule has 2 saturated heterocycles. The fourth-order valence-corrected chi connectivity index (χ4v) is 3.38. The van der Waals surface area contributed by atoms with Gasteiger partial charge in [-0.2, -0.15) is 0 Å². The van der Waals surface area contributed by atoms with Crippen LogP contribution in [-0.2, 0) is 20.7 Å². The number of carbonyl (C=O) groups is 2. The van der Waals surface area contributed by atoms with Gasteiger partial charge in [-0.25, -0.2) is 0 Å². The highest BCUT2D eigenvalue weighted by molar-refractivity contribution is 6.09. The second kappa shape index (κ2) is 8.45. The van der Waals surface area contributed by atoms with E-state index in [0.29, 0.717) is 19.5 Å². The molecule has 1 aromatic carbocycles. The quantitative estimate of drug-likeness (QED) is 0.783. The number of nitrogens with one attached hydrogen (secondary N) is 1. The van der Waals surface area contributed by atoms with Crippen LogP contribution in [0.4, 0.5) is 5.69 Å². The molecule has 136 valence electrons. The third kappa shape index (κ3) is 4.38. The lowest BCUT2D eigenvalue weighted by molar-refractivity contribution is -0.132. The Balaban J connectivity index is 1.49. The number of amides is 2. The number of rotatable bonds is 6. The summed E-state index contributed by atoms with van der Waals surface area (Å²) in [5, 5.41) is 2.92. The van der Waals surface area contributed by atoms with Crippen LogP contribution < -0.4 is 10.2 Å². The van der Waals surface area contributed by atoms with Gasteiger partial charge in [0.1, 0.15) is 5.92 Å². The zero-order valence-corrected chi connectivity index (χ0v) is 14.9. The van der Waals surface area contributed by atoms with E-state index in [1.54, 1.807) is 4.90 Å². The van der Waals surface area contributed by atoms with Crippen molar-refractivity contribution >= 4 is 17.5 Å². The molecular weight excluding hydrogens is 318 g/mol. The fourth-order valence-electron chi connectivity index (χ4n) is 3.38. The number of anilines is 1. The maximum Gasteiger partial charge on any atom is 0.239 e. The van der Waals surface area contributed by atoms with E-state index in [1.807, 2.05) is 24.3 Å². The van der Waals surface area contributed by atoms with Crippen molar-refractivity contribution in [2.24, 2.45) is 5.92 Å². The second-order valence-corrected chi connectivity index (χ2v) is 6.60. The number of carbonyl (C=O) groups excluding carboxylic acids is 2. The first-order valence-electron chi connectivity index (χ1n) is 9.17. The standard InChI is InChI=1S/C19H27N3O3/c1-2-15-3-5-16(6-4-15)22-9-7-17(19(22)24)18(23)20-8-10-21-11-13-25-14-12-21/h3-6,17H,2,7-14H2,1H3,(H,20,23)/t17-/m0/s1. The summed E-state index contributed by atoms with van der Waals surface area (Å²) < 4.78 is 5.31. The van der Waals surface area contributed by atoms with Crippen molar-refractivity contribution in [2.75, 3.05) is 50.8 Å². The molecule has 2 heterocycles. The van der Waals surface area contributed by atoms with E-state index in [9.17, 15) is 9.59 Å². The van der Waals surface area contributed by atoms with Gasteiger partial charge in [-0.05, 0) is 30.5 Å². The number of morpholine rings is 1. The third-order valence-corrected chi connectivity index (χ3v) is 5.01. The number of benzene rings is 1. The summed E-state index contributed by atoms with van der Waals surface area (Å²) >= 11 is 0. The lowest BCUT2D eigenvalue weighted by Crippen LogP contribution is -2.43. The Labute approximate surface area is 149 Å². The molecule has 3 rings (SSSR count). The van der Waals surface area contributed by atoms with Crippen molar-refractivity contribution in [1.82, 2.24) is 10.2 Å². The molecule has 2 amide bonds. The summed E-state index contributed by atoms with van der Waals surface area (Å²) in [6.45, 7) is 7.40. The molecule has 2 fully saturated rings. The highest BCUT2D eigenvalue weighted by Crippen LogP contribution is 2.25. The highest BCUT2D eigenvalue weighted by atomic mass is 16.5. The van der Waals surface area contributed by atoms with Gasteiger partial charge in [-0.1, -0.05) is 19.1 Å². The van der Waals surface area contributed by atoms with E-state index >= 15 is 0 Å². The Morgan fingerprint density at radius 2 is 1.92 bits per heavy atom. The van der Waals surface area contributed by atoms with Gasteiger partial charge >= 0.3 is 0 Å². The van der Waals surface area contributed by atoms with Crippen molar-refractivity contribution in [2.45, 2.75) is 19.8 Å². The first-order valence-corrected chi connectivity index (χ1v) is 9.17. The minimum Gasteiger partial charge on any atom is -0.379 e. The molecule has 0 unspecified atom stereocenters. The minimum absolute atomic E-state index is 0.0897. The molecule has 0 spiro atoms. The fraction of sp³-hybridized carbons (Fsp3) is 0.579. The van der Waals surface area contributed by atoms with Gasteiger partial charge in [0.25, 0.3) is 0 Å². The zero-order valence-electron chi connectivity index (χ0n) is 14.9. The number of nitrogens with zero attached hydrogens (tertiary/aromatic N) is 2. The Morgan fingerprint density at radius 1 is 1.20 bits per heavy atom. The van der Waals surface area contributed by atoms with E-state index in [-0.39, 0.29) is 11.8 Å². The molecule has 1 aromatic rings. The second-order valence-electron chi connectivity index (χ2n) is 6.60. The van der Waals surface area contributed by atoms with Gasteiger partial charge in [0.15, 0.2) is 0 Å². The van der Waals surface area contributed by atoms with Crippen LogP contribution in [-0.4, -0.2) is 62.7 Å². The lowest BCUT2D eigenvalue weighted by Gasteiger charge is -2.26. The molecule has 2 aliphatic rings. The summed E-state index contributed by atoms with van der Waals surface area (Å²) in [7, 11) is 0. The normalized spacial score (nSPS) is 21.6. The van der Waals surface area contributed by atoms with Gasteiger partial charge in [-0.15, -0.1) is 0 Å². The Bertz CT molecular complexity index is 596. The van der Waals surface area contributed by atoms with E-state index < -0.39 is 5.92 Å². The first kappa shape index (κ1) is 17.9. The molecule has 0 radical (unpaired) electrons. The van der Waals surface area contributed by atoms with E-state index in [4.69, 9.17) is 4.74 Å². The maximum absolute atomic E-state index is 12.6. The SMILES string of the molecule is CCc1ccc(N2CC[C@@H](C(=O)NCCN3CCOCC3)C2=O)cc1. The van der Waals surface area contributed by atoms with Crippen LogP contribution in [0.5, 0.6) is 0 Å². The predicted octanol–water partition coefficient (Wildman–Crippen LogP) is 1.05. The number of ether oxygens (including phenoxy) is 1. The maximum atomic E-state index is 12.6. The van der Waals surface area contributed by atoms with Gasteiger partial charge in [-0.3, -0.25) is 14.5 Å². The van der Waals surface area contributed by atoms with Crippen molar-refractivity contribution in [1.29, 1.82) is 0 Å². The van der Waals surface area contributed by atoms with Gasteiger partial charge < -0.3 is 15.0 Å². The van der Waals surface area contributed by atoms with Crippen LogP contribution in [0, 0.1) is 5.92 Å². The minimum atomic E-state index is -0.560. The molecule has 0 saturated carbocycles. The molecule has 0 aliphatic carbocycles. The molecule has 1 N–H and O–H groups in total. The van der Waals surface area contributed by atoms with Crippen molar-refractivity contribution in [3.8, 4) is 0 Å². The molecule has 0 bridgehead atoms. The van der Waals surface area contributed by atoms with E-state index in [0.717, 1.165) is 45.0 Å². The summed E-state index contributed by atoms with van der Waals surface area (Å²) in [4.78, 5) is 29.0. The van der Waals surface area contributed by atoms with Crippen molar-refractivity contribution < 1.29 is 14.3 Å². The summed E-state index contributed by atoms with van der Waals surface area (Å²) in [5.41, 5.74) is 2.12. The predicted molar refractivity (Wildman–Crippen MR) is 96.5 cm³/mol. The Kier molecular flexibility index (Phi) is 6.04. The molecule has 0 aromatic heterocycles. The van der Waals surface area contributed by atoms with Gasteiger partial charge in [0.2, 0.25) is 11.8 Å². The Morgan fingerprint density at radius 3 is 2.60 bits per heavy atom. The summed E-state index contributed by atoms with van der Waals surface area (Å²) in [6.07, 6.45) is 1.56. The number of hydrogen-bond donors (Lipinski definition) is 1. The van der Waals surface area contributed by atoms with Crippen LogP contribution in [0.3, 0.4) is 0 Å². The van der Waals surface area contributed by atoms with Gasteiger partial charge in [0, 0.05) is 38.4 Å². The average Bonchev–Trinajstić information content (AvgIpc) is 3.04. The lowest BCUT2D eigenvalue weighted by atomic mass is 10.1. The number of aryl methyl sites for hydroxylation is 1. The van der Waals surface area contributed by atoms with Crippen molar-refractivity contribution in [3.63, 3.8) is 0 Å². The van der Waals surface area contributed by atoms with Crippen LogP contribution in [0.2, 0.25) is 0 Å². The molecule has 6 nitrogen and oxygen atoms in total. The molecule has 6 heteroatoms. The molecule has 1 atom stereocenters. The molecular formula is C19H27N3O3. The molecule has 2 aliphatic heterocycles. The average molecular weight is 345 g/mol. The van der Waals surface area contributed by atoms with Crippen LogP contribution in [0.15, 0.2) is 24.3 Å². The van der Waals surface area contributed by atoms with Crippen LogP contribution >= 0.6 is 0 Å². The zero-order chi connectivity index (χ0) is 17.6.